The Labute approximate surface area is 226 Å². The van der Waals surface area contributed by atoms with Crippen LogP contribution in [0.15, 0.2) is 61.1 Å². The average molecular weight is 538 g/mol. The first-order valence-corrected chi connectivity index (χ1v) is 12.7. The number of aliphatic hydroxyl groups excluding tert-OH is 1. The Bertz CT molecular complexity index is 1380. The molecule has 200 valence electrons. The van der Waals surface area contributed by atoms with Crippen LogP contribution in [0, 0.1) is 5.41 Å². The van der Waals surface area contributed by atoms with Gasteiger partial charge < -0.3 is 29.8 Å². The normalized spacial score (nSPS) is 11.5. The van der Waals surface area contributed by atoms with E-state index in [0.717, 1.165) is 16.7 Å². The van der Waals surface area contributed by atoms with Crippen LogP contribution in [0.3, 0.4) is 0 Å². The Morgan fingerprint density at radius 1 is 1.08 bits per heavy atom. The second-order valence-corrected chi connectivity index (χ2v) is 10.3. The number of hydrogen-bond donors (Lipinski definition) is 3. The Morgan fingerprint density at radius 3 is 2.58 bits per heavy atom. The fourth-order valence-electron chi connectivity index (χ4n) is 3.69. The summed E-state index contributed by atoms with van der Waals surface area (Å²) >= 11 is 6.53. The largest absolute Gasteiger partial charge is 0.456 e. The summed E-state index contributed by atoms with van der Waals surface area (Å²) in [5.74, 6) is 1.56. The van der Waals surface area contributed by atoms with Crippen molar-refractivity contribution in [2.45, 2.75) is 27.3 Å². The molecule has 0 unspecified atom stereocenters. The molecule has 0 aliphatic rings. The molecule has 9 nitrogen and oxygen atoms in total. The fraction of sp³-hybridized carbons (Fsp3) is 0.321. The van der Waals surface area contributed by atoms with Crippen molar-refractivity contribution < 1.29 is 19.4 Å². The van der Waals surface area contributed by atoms with E-state index in [1.807, 2.05) is 22.9 Å². The quantitative estimate of drug-likeness (QED) is 0.219. The Balaban J connectivity index is 1.43. The number of fused-ring (bicyclic) bond motifs is 1. The molecule has 0 radical (unpaired) electrons. The van der Waals surface area contributed by atoms with Gasteiger partial charge in [0.25, 0.3) is 5.91 Å². The number of ether oxygens (including phenoxy) is 2. The van der Waals surface area contributed by atoms with E-state index in [1.165, 1.54) is 6.33 Å². The number of aliphatic hydroxyl groups is 1. The lowest BCUT2D eigenvalue weighted by Crippen LogP contribution is -2.32. The number of benzene rings is 2. The molecular formula is C28H32ClN5O4. The Morgan fingerprint density at radius 2 is 1.87 bits per heavy atom. The lowest BCUT2D eigenvalue weighted by Gasteiger charge is -2.18. The first kappa shape index (κ1) is 27.4. The van der Waals surface area contributed by atoms with Crippen molar-refractivity contribution in [1.29, 1.82) is 0 Å². The van der Waals surface area contributed by atoms with Gasteiger partial charge in [0, 0.05) is 30.5 Å². The maximum atomic E-state index is 12.4. The molecule has 3 N–H and O–H groups in total. The van der Waals surface area contributed by atoms with Crippen LogP contribution >= 0.6 is 11.6 Å². The molecule has 2 heterocycles. The molecule has 2 aromatic carbocycles. The minimum absolute atomic E-state index is 0.00977. The number of aromatic nitrogens is 3. The molecule has 2 aromatic heterocycles. The van der Waals surface area contributed by atoms with Crippen molar-refractivity contribution >= 4 is 40.0 Å². The monoisotopic (exact) mass is 537 g/mol. The van der Waals surface area contributed by atoms with Crippen LogP contribution in [0.4, 0.5) is 11.5 Å². The average Bonchev–Trinajstić information content (AvgIpc) is 3.31. The van der Waals surface area contributed by atoms with Crippen LogP contribution < -0.4 is 15.4 Å². The predicted molar refractivity (Wildman–Crippen MR) is 148 cm³/mol. The van der Waals surface area contributed by atoms with Gasteiger partial charge in [-0.1, -0.05) is 32.4 Å². The van der Waals surface area contributed by atoms with Gasteiger partial charge in [-0.25, -0.2) is 9.97 Å². The number of carbonyl (C=O) groups excluding carboxylic acids is 1. The second kappa shape index (κ2) is 12.3. The van der Waals surface area contributed by atoms with Crippen molar-refractivity contribution in [2.75, 3.05) is 31.7 Å². The summed E-state index contributed by atoms with van der Waals surface area (Å²) in [7, 11) is 0. The lowest BCUT2D eigenvalue weighted by molar-refractivity contribution is 0.0875. The molecule has 10 heteroatoms. The van der Waals surface area contributed by atoms with E-state index >= 15 is 0 Å². The van der Waals surface area contributed by atoms with Crippen LogP contribution in [0.2, 0.25) is 5.02 Å². The molecule has 0 spiro atoms. The number of halogens is 1. The van der Waals surface area contributed by atoms with Gasteiger partial charge in [-0.3, -0.25) is 4.79 Å². The van der Waals surface area contributed by atoms with Gasteiger partial charge in [0.15, 0.2) is 5.82 Å². The van der Waals surface area contributed by atoms with Crippen molar-refractivity contribution in [3.8, 4) is 11.5 Å². The summed E-state index contributed by atoms with van der Waals surface area (Å²) in [6.45, 7) is 8.13. The third kappa shape index (κ3) is 7.22. The number of amides is 1. The van der Waals surface area contributed by atoms with Crippen molar-refractivity contribution in [2.24, 2.45) is 5.41 Å². The zero-order valence-electron chi connectivity index (χ0n) is 21.7. The number of anilines is 2. The molecule has 0 bridgehead atoms. The summed E-state index contributed by atoms with van der Waals surface area (Å²) in [5, 5.41) is 15.6. The highest BCUT2D eigenvalue weighted by atomic mass is 35.5. The first-order valence-electron chi connectivity index (χ1n) is 12.3. The van der Waals surface area contributed by atoms with Crippen molar-refractivity contribution in [1.82, 2.24) is 19.9 Å². The van der Waals surface area contributed by atoms with E-state index in [1.54, 1.807) is 36.4 Å². The van der Waals surface area contributed by atoms with Gasteiger partial charge in [0.1, 0.15) is 23.3 Å². The van der Waals surface area contributed by atoms with Crippen LogP contribution in [-0.2, 0) is 11.3 Å². The van der Waals surface area contributed by atoms with E-state index in [9.17, 15) is 4.79 Å². The summed E-state index contributed by atoms with van der Waals surface area (Å²) in [4.78, 5) is 21.1. The van der Waals surface area contributed by atoms with E-state index in [2.05, 4.69) is 41.4 Å². The number of carbonyl (C=O) groups is 1. The van der Waals surface area contributed by atoms with Crippen LogP contribution in [0.1, 0.15) is 31.1 Å². The van der Waals surface area contributed by atoms with Crippen molar-refractivity contribution in [3.63, 3.8) is 0 Å². The second-order valence-electron chi connectivity index (χ2n) is 9.94. The van der Waals surface area contributed by atoms with Gasteiger partial charge in [0.05, 0.1) is 30.4 Å². The summed E-state index contributed by atoms with van der Waals surface area (Å²) < 4.78 is 13.4. The predicted octanol–water partition coefficient (Wildman–Crippen LogP) is 5.41. The molecule has 0 aliphatic carbocycles. The van der Waals surface area contributed by atoms with E-state index in [0.29, 0.717) is 54.2 Å². The number of nitrogens with one attached hydrogen (secondary N) is 2. The highest BCUT2D eigenvalue weighted by molar-refractivity contribution is 6.32. The lowest BCUT2D eigenvalue weighted by atomic mass is 9.97. The topological polar surface area (TPSA) is 111 Å². The smallest absolute Gasteiger partial charge is 0.251 e. The standard InChI is InChI=1S/C28H32ClN5O4/c1-28(2,3)17-30-27(36)19-4-7-21(8-5-19)38-24-9-6-20(16-22(24)29)33-26-25-23(31-18-32-26)10-11-34(25)12-14-37-15-13-35/h4-11,16,18,35H,12-15,17H2,1-3H3,(H,30,36)(H,31,32,33). The van der Waals surface area contributed by atoms with Gasteiger partial charge in [-0.2, -0.15) is 0 Å². The molecule has 0 atom stereocenters. The molecular weight excluding hydrogens is 506 g/mol. The SMILES string of the molecule is CC(C)(C)CNC(=O)c1ccc(Oc2ccc(Nc3ncnc4ccn(CCOCCO)c34)cc2Cl)cc1. The Kier molecular flexibility index (Phi) is 8.83. The third-order valence-electron chi connectivity index (χ3n) is 5.58. The zero-order chi connectivity index (χ0) is 27.1. The van der Waals surface area contributed by atoms with Gasteiger partial charge in [0.2, 0.25) is 0 Å². The third-order valence-corrected chi connectivity index (χ3v) is 5.88. The first-order chi connectivity index (χ1) is 18.2. The molecule has 1 amide bonds. The summed E-state index contributed by atoms with van der Waals surface area (Å²) in [6, 6.07) is 14.2. The minimum atomic E-state index is -0.123. The van der Waals surface area contributed by atoms with Gasteiger partial charge in [-0.15, -0.1) is 0 Å². The molecule has 0 saturated carbocycles. The van der Waals surface area contributed by atoms with E-state index in [-0.39, 0.29) is 17.9 Å². The molecule has 0 fully saturated rings. The number of nitrogens with zero attached hydrogens (tertiary/aromatic N) is 3. The van der Waals surface area contributed by atoms with Crippen LogP contribution in [0.5, 0.6) is 11.5 Å². The summed E-state index contributed by atoms with van der Waals surface area (Å²) in [6.07, 6.45) is 3.43. The minimum Gasteiger partial charge on any atom is -0.456 e. The van der Waals surface area contributed by atoms with Crippen LogP contribution in [0.25, 0.3) is 11.0 Å². The highest BCUT2D eigenvalue weighted by Crippen LogP contribution is 2.33. The number of hydrogen-bond acceptors (Lipinski definition) is 7. The molecule has 38 heavy (non-hydrogen) atoms. The van der Waals surface area contributed by atoms with Gasteiger partial charge in [-0.05, 0) is 53.9 Å². The summed E-state index contributed by atoms with van der Waals surface area (Å²) in [5.41, 5.74) is 2.94. The molecule has 0 saturated heterocycles. The fourth-order valence-corrected chi connectivity index (χ4v) is 3.91. The number of rotatable bonds is 11. The Hall–Kier alpha value is -3.66. The maximum absolute atomic E-state index is 12.4. The van der Waals surface area contributed by atoms with E-state index in [4.69, 9.17) is 26.2 Å². The van der Waals surface area contributed by atoms with Gasteiger partial charge >= 0.3 is 0 Å². The highest BCUT2D eigenvalue weighted by Gasteiger charge is 2.14. The van der Waals surface area contributed by atoms with Crippen LogP contribution in [-0.4, -0.2) is 51.9 Å². The molecule has 4 rings (SSSR count). The molecule has 4 aromatic rings. The zero-order valence-corrected chi connectivity index (χ0v) is 22.5. The molecule has 0 aliphatic heterocycles. The van der Waals surface area contributed by atoms with E-state index < -0.39 is 0 Å². The van der Waals surface area contributed by atoms with Crippen molar-refractivity contribution in [3.05, 3.63) is 71.6 Å². The maximum Gasteiger partial charge on any atom is 0.251 e.